The lowest BCUT2D eigenvalue weighted by Gasteiger charge is -2.26. The molecule has 2 rings (SSSR count). The Morgan fingerprint density at radius 2 is 1.59 bits per heavy atom. The molecule has 1 aromatic heterocycles. The van der Waals surface area contributed by atoms with Crippen LogP contribution < -0.4 is 4.90 Å². The summed E-state index contributed by atoms with van der Waals surface area (Å²) in [5.41, 5.74) is 2.38. The third-order valence-corrected chi connectivity index (χ3v) is 2.60. The molecule has 0 amide bonds. The first-order valence-corrected chi connectivity index (χ1v) is 5.81. The fourth-order valence-corrected chi connectivity index (χ4v) is 1.77. The minimum Gasteiger partial charge on any atom is -0.308 e. The van der Waals surface area contributed by atoms with Crippen LogP contribution in [0.25, 0.3) is 0 Å². The van der Waals surface area contributed by atoms with Crippen molar-refractivity contribution in [3.8, 4) is 0 Å². The lowest BCUT2D eigenvalue weighted by molar-refractivity contribution is 0.762. The second-order valence-electron chi connectivity index (χ2n) is 4.35. The van der Waals surface area contributed by atoms with E-state index in [9.17, 15) is 0 Å². The molecule has 0 atom stereocenters. The van der Waals surface area contributed by atoms with Gasteiger partial charge in [-0.2, -0.15) is 0 Å². The number of benzene rings is 1. The molecule has 0 radical (unpaired) electrons. The highest BCUT2D eigenvalue weighted by Gasteiger charge is 2.14. The maximum atomic E-state index is 4.31. The summed E-state index contributed by atoms with van der Waals surface area (Å²) in [5.74, 6) is 0.742. The van der Waals surface area contributed by atoms with Crippen molar-refractivity contribution in [1.29, 1.82) is 0 Å². The number of aryl methyl sites for hydroxylation is 1. The Morgan fingerprint density at radius 3 is 2.12 bits per heavy atom. The van der Waals surface area contributed by atoms with E-state index in [0.29, 0.717) is 6.04 Å². The highest BCUT2D eigenvalue weighted by atomic mass is 15.3. The van der Waals surface area contributed by atoms with E-state index in [0.717, 1.165) is 11.6 Å². The van der Waals surface area contributed by atoms with Crippen molar-refractivity contribution in [3.63, 3.8) is 0 Å². The van der Waals surface area contributed by atoms with Gasteiger partial charge in [0.25, 0.3) is 0 Å². The van der Waals surface area contributed by atoms with Gasteiger partial charge in [0.15, 0.2) is 0 Å². The van der Waals surface area contributed by atoms with E-state index in [2.05, 4.69) is 59.9 Å². The largest absolute Gasteiger partial charge is 0.308 e. The van der Waals surface area contributed by atoms with Crippen molar-refractivity contribution in [3.05, 3.63) is 48.3 Å². The fourth-order valence-electron chi connectivity index (χ4n) is 1.77. The second kappa shape index (κ2) is 4.95. The number of aromatic nitrogens is 2. The smallest absolute Gasteiger partial charge is 0.230 e. The van der Waals surface area contributed by atoms with Crippen LogP contribution in [0.15, 0.2) is 42.7 Å². The lowest BCUT2D eigenvalue weighted by Crippen LogP contribution is -2.27. The average Bonchev–Trinajstić information content (AvgIpc) is 2.33. The van der Waals surface area contributed by atoms with Gasteiger partial charge in [-0.1, -0.05) is 17.7 Å². The first kappa shape index (κ1) is 11.6. The molecule has 2 aromatic rings. The van der Waals surface area contributed by atoms with Gasteiger partial charge in [0.2, 0.25) is 5.95 Å². The van der Waals surface area contributed by atoms with Crippen LogP contribution in [-0.4, -0.2) is 16.0 Å². The predicted octanol–water partition coefficient (Wildman–Crippen LogP) is 3.33. The zero-order chi connectivity index (χ0) is 12.3. The molecule has 0 spiro atoms. The van der Waals surface area contributed by atoms with Crippen LogP contribution in [0.3, 0.4) is 0 Å². The molecule has 17 heavy (non-hydrogen) atoms. The number of nitrogens with zero attached hydrogens (tertiary/aromatic N) is 3. The second-order valence-corrected chi connectivity index (χ2v) is 4.35. The standard InChI is InChI=1S/C14H17N3/c1-11(2)17(14-15-9-4-10-16-14)13-7-5-12(3)6-8-13/h4-11H,1-3H3. The Morgan fingerprint density at radius 1 is 1.00 bits per heavy atom. The summed E-state index contributed by atoms with van der Waals surface area (Å²) in [6.45, 7) is 6.36. The molecule has 0 unspecified atom stereocenters. The van der Waals surface area contributed by atoms with Gasteiger partial charge in [-0.05, 0) is 39.0 Å². The molecule has 0 aliphatic carbocycles. The summed E-state index contributed by atoms with van der Waals surface area (Å²) in [5, 5.41) is 0. The van der Waals surface area contributed by atoms with Gasteiger partial charge < -0.3 is 4.90 Å². The molecule has 0 saturated carbocycles. The van der Waals surface area contributed by atoms with E-state index in [1.807, 2.05) is 6.07 Å². The monoisotopic (exact) mass is 227 g/mol. The third-order valence-electron chi connectivity index (χ3n) is 2.60. The van der Waals surface area contributed by atoms with E-state index in [4.69, 9.17) is 0 Å². The molecule has 0 aliphatic rings. The highest BCUT2D eigenvalue weighted by molar-refractivity contribution is 5.58. The van der Waals surface area contributed by atoms with E-state index in [-0.39, 0.29) is 0 Å². The summed E-state index contributed by atoms with van der Waals surface area (Å²) in [6.07, 6.45) is 3.54. The third kappa shape index (κ3) is 2.61. The van der Waals surface area contributed by atoms with Crippen LogP contribution in [0.5, 0.6) is 0 Å². The van der Waals surface area contributed by atoms with Crippen LogP contribution in [0.2, 0.25) is 0 Å². The Balaban J connectivity index is 2.39. The Hall–Kier alpha value is -1.90. The van der Waals surface area contributed by atoms with Gasteiger partial charge in [-0.3, -0.25) is 0 Å². The van der Waals surface area contributed by atoms with Gasteiger partial charge in [-0.25, -0.2) is 9.97 Å². The summed E-state index contributed by atoms with van der Waals surface area (Å²) in [6, 6.07) is 10.6. The minimum atomic E-state index is 0.320. The topological polar surface area (TPSA) is 29.0 Å². The molecule has 0 bridgehead atoms. The van der Waals surface area contributed by atoms with Gasteiger partial charge >= 0.3 is 0 Å². The van der Waals surface area contributed by atoms with Crippen molar-refractivity contribution in [2.24, 2.45) is 0 Å². The van der Waals surface area contributed by atoms with Gasteiger partial charge in [0.05, 0.1) is 0 Å². The number of rotatable bonds is 3. The Bertz CT molecular complexity index is 463. The zero-order valence-electron chi connectivity index (χ0n) is 10.5. The summed E-state index contributed by atoms with van der Waals surface area (Å²) >= 11 is 0. The van der Waals surface area contributed by atoms with Gasteiger partial charge in [-0.15, -0.1) is 0 Å². The first-order chi connectivity index (χ1) is 8.18. The summed E-state index contributed by atoms with van der Waals surface area (Å²) in [7, 11) is 0. The van der Waals surface area contributed by atoms with Crippen molar-refractivity contribution in [2.75, 3.05) is 4.90 Å². The predicted molar refractivity (Wildman–Crippen MR) is 70.5 cm³/mol. The highest BCUT2D eigenvalue weighted by Crippen LogP contribution is 2.24. The Kier molecular flexibility index (Phi) is 3.38. The van der Waals surface area contributed by atoms with Crippen LogP contribution in [0.4, 0.5) is 11.6 Å². The maximum absolute atomic E-state index is 4.31. The Labute approximate surface area is 102 Å². The minimum absolute atomic E-state index is 0.320. The van der Waals surface area contributed by atoms with Crippen molar-refractivity contribution in [1.82, 2.24) is 9.97 Å². The molecule has 1 heterocycles. The van der Waals surface area contributed by atoms with Crippen LogP contribution >= 0.6 is 0 Å². The first-order valence-electron chi connectivity index (χ1n) is 5.81. The van der Waals surface area contributed by atoms with Crippen LogP contribution in [0.1, 0.15) is 19.4 Å². The normalized spacial score (nSPS) is 10.6. The molecule has 3 nitrogen and oxygen atoms in total. The molecule has 0 saturated heterocycles. The molecule has 88 valence electrons. The quantitative estimate of drug-likeness (QED) is 0.805. The van der Waals surface area contributed by atoms with E-state index in [1.54, 1.807) is 12.4 Å². The molecule has 0 fully saturated rings. The fraction of sp³-hybridized carbons (Fsp3) is 0.286. The van der Waals surface area contributed by atoms with Crippen molar-refractivity contribution >= 4 is 11.6 Å². The lowest BCUT2D eigenvalue weighted by atomic mass is 10.2. The van der Waals surface area contributed by atoms with Crippen molar-refractivity contribution < 1.29 is 0 Å². The zero-order valence-corrected chi connectivity index (χ0v) is 10.5. The van der Waals surface area contributed by atoms with Crippen LogP contribution in [0, 0.1) is 6.92 Å². The van der Waals surface area contributed by atoms with E-state index >= 15 is 0 Å². The average molecular weight is 227 g/mol. The van der Waals surface area contributed by atoms with Gasteiger partial charge in [0, 0.05) is 24.1 Å². The summed E-state index contributed by atoms with van der Waals surface area (Å²) in [4.78, 5) is 10.8. The number of hydrogen-bond donors (Lipinski definition) is 0. The SMILES string of the molecule is Cc1ccc(N(c2ncccn2)C(C)C)cc1. The van der Waals surface area contributed by atoms with Crippen LogP contribution in [-0.2, 0) is 0 Å². The molecule has 0 N–H and O–H groups in total. The van der Waals surface area contributed by atoms with Crippen molar-refractivity contribution in [2.45, 2.75) is 26.8 Å². The molecular formula is C14H17N3. The molecule has 1 aromatic carbocycles. The molecular weight excluding hydrogens is 210 g/mol. The van der Waals surface area contributed by atoms with Gasteiger partial charge in [0.1, 0.15) is 0 Å². The molecule has 3 heteroatoms. The molecule has 0 aliphatic heterocycles. The number of hydrogen-bond acceptors (Lipinski definition) is 3. The summed E-state index contributed by atoms with van der Waals surface area (Å²) < 4.78 is 0. The maximum Gasteiger partial charge on any atom is 0.230 e. The number of anilines is 2. The van der Waals surface area contributed by atoms with E-state index in [1.165, 1.54) is 5.56 Å². The van der Waals surface area contributed by atoms with E-state index < -0.39 is 0 Å².